The zero-order valence-corrected chi connectivity index (χ0v) is 15.8. The van der Waals surface area contributed by atoms with Crippen LogP contribution in [-0.4, -0.2) is 64.6 Å². The zero-order valence-electron chi connectivity index (χ0n) is 15.8. The van der Waals surface area contributed by atoms with Gasteiger partial charge in [0.05, 0.1) is 19.8 Å². The van der Waals surface area contributed by atoms with Crippen LogP contribution in [0.3, 0.4) is 0 Å². The molecule has 0 radical (unpaired) electrons. The Morgan fingerprint density at radius 2 is 1.43 bits per heavy atom. The van der Waals surface area contributed by atoms with Crippen LogP contribution in [0.25, 0.3) is 0 Å². The third-order valence-corrected chi connectivity index (χ3v) is 3.48. The van der Waals surface area contributed by atoms with Gasteiger partial charge in [0.25, 0.3) is 0 Å². The van der Waals surface area contributed by atoms with Crippen molar-refractivity contribution in [3.63, 3.8) is 0 Å². The number of benzene rings is 1. The maximum absolute atomic E-state index is 5.51. The van der Waals surface area contributed by atoms with Crippen molar-refractivity contribution in [1.82, 2.24) is 4.90 Å². The highest BCUT2D eigenvalue weighted by Crippen LogP contribution is 2.15. The molecule has 1 heterocycles. The summed E-state index contributed by atoms with van der Waals surface area (Å²) in [5.74, 6) is 0. The van der Waals surface area contributed by atoms with E-state index in [1.54, 1.807) is 7.11 Å². The summed E-state index contributed by atoms with van der Waals surface area (Å²) in [5.41, 5.74) is 1.33. The monoisotopic (exact) mass is 324 g/mol. The molecule has 0 bridgehead atoms. The molecule has 0 aliphatic carbocycles. The molecular weight excluding hydrogens is 288 g/mol. The van der Waals surface area contributed by atoms with Crippen LogP contribution >= 0.6 is 0 Å². The van der Waals surface area contributed by atoms with Crippen molar-refractivity contribution in [2.24, 2.45) is 0 Å². The van der Waals surface area contributed by atoms with Gasteiger partial charge in [-0.05, 0) is 12.1 Å². The first-order valence-corrected chi connectivity index (χ1v) is 8.99. The van der Waals surface area contributed by atoms with Gasteiger partial charge >= 0.3 is 0 Å². The van der Waals surface area contributed by atoms with Gasteiger partial charge in [0.1, 0.15) is 0 Å². The molecule has 1 aliphatic rings. The minimum atomic E-state index is 0.682. The van der Waals surface area contributed by atoms with Gasteiger partial charge in [0.15, 0.2) is 0 Å². The number of ether oxygens (including phenoxy) is 2. The second kappa shape index (κ2) is 15.8. The maximum Gasteiger partial charge on any atom is 0.0700 e. The van der Waals surface area contributed by atoms with E-state index < -0.39 is 0 Å². The van der Waals surface area contributed by atoms with E-state index in [0.717, 1.165) is 39.3 Å². The first kappa shape index (κ1) is 21.9. The van der Waals surface area contributed by atoms with Crippen molar-refractivity contribution >= 4 is 5.69 Å². The fourth-order valence-corrected chi connectivity index (χ4v) is 2.31. The Balaban J connectivity index is 0.00000112. The van der Waals surface area contributed by atoms with Gasteiger partial charge in [-0.25, -0.2) is 0 Å². The van der Waals surface area contributed by atoms with Crippen LogP contribution in [0.2, 0.25) is 0 Å². The van der Waals surface area contributed by atoms with E-state index in [9.17, 15) is 0 Å². The first-order chi connectivity index (χ1) is 11.4. The van der Waals surface area contributed by atoms with Crippen molar-refractivity contribution in [1.29, 1.82) is 0 Å². The molecule has 4 heteroatoms. The molecule has 1 fully saturated rings. The number of hydrogen-bond donors (Lipinski definition) is 0. The van der Waals surface area contributed by atoms with Crippen molar-refractivity contribution in [3.8, 4) is 0 Å². The molecule has 0 unspecified atom stereocenters. The van der Waals surface area contributed by atoms with Crippen LogP contribution in [0.5, 0.6) is 0 Å². The fourth-order valence-electron chi connectivity index (χ4n) is 2.31. The lowest BCUT2D eigenvalue weighted by Crippen LogP contribution is -2.47. The number of rotatable bonds is 7. The fraction of sp³-hybridized carbons (Fsp3) is 0.684. The number of hydrogen-bond acceptors (Lipinski definition) is 4. The quantitative estimate of drug-likeness (QED) is 0.717. The molecule has 2 rings (SSSR count). The lowest BCUT2D eigenvalue weighted by atomic mass is 10.2. The molecule has 0 atom stereocenters. The van der Waals surface area contributed by atoms with Crippen LogP contribution in [0.4, 0.5) is 5.69 Å². The third-order valence-electron chi connectivity index (χ3n) is 3.48. The maximum atomic E-state index is 5.51. The Morgan fingerprint density at radius 3 is 2.00 bits per heavy atom. The second-order valence-electron chi connectivity index (χ2n) is 4.77. The summed E-state index contributed by atoms with van der Waals surface area (Å²) < 4.78 is 10.5. The molecule has 0 N–H and O–H groups in total. The Hall–Kier alpha value is -1.10. The van der Waals surface area contributed by atoms with E-state index in [1.165, 1.54) is 5.69 Å². The number of piperazine rings is 1. The van der Waals surface area contributed by atoms with E-state index in [-0.39, 0.29) is 0 Å². The predicted octanol–water partition coefficient (Wildman–Crippen LogP) is 3.52. The largest absolute Gasteiger partial charge is 0.382 e. The van der Waals surface area contributed by atoms with Gasteiger partial charge in [-0.3, -0.25) is 4.90 Å². The smallest absolute Gasteiger partial charge is 0.0700 e. The summed E-state index contributed by atoms with van der Waals surface area (Å²) in [4.78, 5) is 4.91. The van der Waals surface area contributed by atoms with Crippen molar-refractivity contribution in [2.45, 2.75) is 27.7 Å². The standard InChI is InChI=1S/C15H24N2O2.2C2H6/c1-18-13-14-19-12-11-16-7-9-17(10-8-16)15-5-3-2-4-6-15;2*1-2/h2-6H,7-14H2,1H3;2*1-2H3. The summed E-state index contributed by atoms with van der Waals surface area (Å²) >= 11 is 0. The molecule has 1 aromatic carbocycles. The minimum absolute atomic E-state index is 0.682. The lowest BCUT2D eigenvalue weighted by molar-refractivity contribution is 0.0563. The highest BCUT2D eigenvalue weighted by Gasteiger charge is 2.16. The molecule has 1 saturated heterocycles. The van der Waals surface area contributed by atoms with Gasteiger partial charge in [-0.2, -0.15) is 0 Å². The predicted molar refractivity (Wildman–Crippen MR) is 100 cm³/mol. The number of anilines is 1. The molecule has 0 amide bonds. The van der Waals surface area contributed by atoms with Gasteiger partial charge in [-0.1, -0.05) is 45.9 Å². The summed E-state index contributed by atoms with van der Waals surface area (Å²) in [6, 6.07) is 10.6. The van der Waals surface area contributed by atoms with Crippen molar-refractivity contribution < 1.29 is 9.47 Å². The average molecular weight is 325 g/mol. The first-order valence-electron chi connectivity index (χ1n) is 8.99. The van der Waals surface area contributed by atoms with E-state index in [1.807, 2.05) is 27.7 Å². The molecule has 134 valence electrons. The molecule has 23 heavy (non-hydrogen) atoms. The van der Waals surface area contributed by atoms with Gasteiger partial charge in [-0.15, -0.1) is 0 Å². The molecule has 1 aliphatic heterocycles. The molecule has 0 saturated carbocycles. The highest BCUT2D eigenvalue weighted by molar-refractivity contribution is 5.46. The molecule has 1 aromatic rings. The van der Waals surface area contributed by atoms with Gasteiger partial charge < -0.3 is 14.4 Å². The van der Waals surface area contributed by atoms with E-state index >= 15 is 0 Å². The van der Waals surface area contributed by atoms with Gasteiger partial charge in [0, 0.05) is 45.5 Å². The second-order valence-corrected chi connectivity index (χ2v) is 4.77. The van der Waals surface area contributed by atoms with Crippen molar-refractivity contribution in [2.75, 3.05) is 64.6 Å². The molecular formula is C19H36N2O2. The molecule has 0 spiro atoms. The topological polar surface area (TPSA) is 24.9 Å². The van der Waals surface area contributed by atoms with Gasteiger partial charge in [0.2, 0.25) is 0 Å². The zero-order chi connectivity index (χ0) is 17.3. The summed E-state index contributed by atoms with van der Waals surface area (Å²) in [5, 5.41) is 0. The summed E-state index contributed by atoms with van der Waals surface area (Å²) in [7, 11) is 1.70. The molecule has 0 aromatic heterocycles. The number of methoxy groups -OCH3 is 1. The molecule has 4 nitrogen and oxygen atoms in total. The third kappa shape index (κ3) is 9.59. The Kier molecular flexibility index (Phi) is 15.0. The minimum Gasteiger partial charge on any atom is -0.382 e. The normalized spacial score (nSPS) is 14.4. The Bertz CT molecular complexity index is 338. The van der Waals surface area contributed by atoms with Crippen LogP contribution in [-0.2, 0) is 9.47 Å². The Labute approximate surface area is 143 Å². The van der Waals surface area contributed by atoms with Crippen LogP contribution in [0.1, 0.15) is 27.7 Å². The van der Waals surface area contributed by atoms with E-state index in [2.05, 4.69) is 40.1 Å². The Morgan fingerprint density at radius 1 is 0.826 bits per heavy atom. The summed E-state index contributed by atoms with van der Waals surface area (Å²) in [6.07, 6.45) is 0. The van der Waals surface area contributed by atoms with Crippen molar-refractivity contribution in [3.05, 3.63) is 30.3 Å². The van der Waals surface area contributed by atoms with E-state index in [4.69, 9.17) is 9.47 Å². The lowest BCUT2D eigenvalue weighted by Gasteiger charge is -2.36. The summed E-state index contributed by atoms with van der Waals surface area (Å²) in [6.45, 7) is 15.6. The SMILES string of the molecule is CC.CC.COCCOCCN1CCN(c2ccccc2)CC1. The van der Waals surface area contributed by atoms with Crippen LogP contribution in [0, 0.1) is 0 Å². The van der Waals surface area contributed by atoms with E-state index in [0.29, 0.717) is 13.2 Å². The van der Waals surface area contributed by atoms with Crippen LogP contribution in [0.15, 0.2) is 30.3 Å². The number of para-hydroxylation sites is 1. The average Bonchev–Trinajstić information content (AvgIpc) is 2.66. The van der Waals surface area contributed by atoms with Crippen LogP contribution < -0.4 is 4.90 Å². The highest BCUT2D eigenvalue weighted by atomic mass is 16.5. The number of nitrogens with zero attached hydrogens (tertiary/aromatic N) is 2.